The highest BCUT2D eigenvalue weighted by Gasteiger charge is 2.28. The quantitative estimate of drug-likeness (QED) is 0.0166. The van der Waals surface area contributed by atoms with Crippen LogP contribution in [-0.4, -0.2) is 82.1 Å². The van der Waals surface area contributed by atoms with Gasteiger partial charge in [0.1, 0.15) is 12.7 Å². The minimum atomic E-state index is -4.87. The average Bonchev–Trinajstić information content (AvgIpc) is 3.23. The van der Waals surface area contributed by atoms with Crippen LogP contribution in [0.5, 0.6) is 0 Å². The lowest BCUT2D eigenvalue weighted by Gasteiger charge is -2.20. The summed E-state index contributed by atoms with van der Waals surface area (Å²) >= 11 is 0. The molecule has 5 N–H and O–H groups in total. The van der Waals surface area contributed by atoms with Crippen molar-refractivity contribution in [1.29, 1.82) is 0 Å². The number of hydrogen-bond donors (Lipinski definition) is 5. The van der Waals surface area contributed by atoms with E-state index in [2.05, 4.69) is 64.6 Å². The fourth-order valence-corrected chi connectivity index (χ4v) is 7.06. The molecule has 0 aliphatic rings. The Kier molecular flexibility index (Phi) is 41.2. The van der Waals surface area contributed by atoms with Crippen LogP contribution in [0.1, 0.15) is 174 Å². The normalized spacial score (nSPS) is 14.5. The second kappa shape index (κ2) is 42.7. The molecule has 0 saturated carbocycles. The summed E-state index contributed by atoms with van der Waals surface area (Å²) in [5, 5.41) is 18.6. The van der Waals surface area contributed by atoms with Crippen molar-refractivity contribution in [2.75, 3.05) is 33.0 Å². The van der Waals surface area contributed by atoms with Crippen LogP contribution in [0.15, 0.2) is 60.8 Å². The molecule has 14 nitrogen and oxygen atoms in total. The second-order valence-corrected chi connectivity index (χ2v) is 18.1. The molecule has 0 aromatic rings. The molecule has 0 saturated heterocycles. The molecule has 62 heavy (non-hydrogen) atoms. The summed E-state index contributed by atoms with van der Waals surface area (Å²) in [6.45, 7) is -0.300. The number of rotatable bonds is 44. The van der Waals surface area contributed by atoms with Crippen LogP contribution >= 0.6 is 15.6 Å². The van der Waals surface area contributed by atoms with Gasteiger partial charge in [0.05, 0.1) is 19.8 Å². The van der Waals surface area contributed by atoms with E-state index >= 15 is 0 Å². The predicted molar refractivity (Wildman–Crippen MR) is 245 cm³/mol. The number of hydrogen-bond acceptors (Lipinski definition) is 11. The Morgan fingerprint density at radius 3 is 1.45 bits per heavy atom. The highest BCUT2D eigenvalue weighted by molar-refractivity contribution is 7.47. The van der Waals surface area contributed by atoms with E-state index in [-0.39, 0.29) is 19.4 Å². The van der Waals surface area contributed by atoms with Gasteiger partial charge in [0.25, 0.3) is 0 Å². The van der Waals surface area contributed by atoms with E-state index in [1.165, 1.54) is 57.8 Å². The minimum absolute atomic E-state index is 0.107. The number of carbonyl (C=O) groups excluding carboxylic acids is 2. The summed E-state index contributed by atoms with van der Waals surface area (Å²) in [5.74, 6) is -1.12. The van der Waals surface area contributed by atoms with E-state index in [4.69, 9.17) is 28.9 Å². The molecule has 0 aliphatic carbocycles. The molecular weight excluding hydrogens is 838 g/mol. The zero-order valence-electron chi connectivity index (χ0n) is 37.7. The van der Waals surface area contributed by atoms with Gasteiger partial charge < -0.3 is 34.4 Å². The Bertz CT molecular complexity index is 1330. The van der Waals surface area contributed by atoms with Gasteiger partial charge in [-0.2, -0.15) is 0 Å². The molecule has 0 aromatic carbocycles. The molecule has 0 spiro atoms. The molecule has 0 heterocycles. The van der Waals surface area contributed by atoms with Crippen molar-refractivity contribution in [3.63, 3.8) is 0 Å². The summed E-state index contributed by atoms with van der Waals surface area (Å²) < 4.78 is 47.8. The number of esters is 2. The molecule has 0 radical (unpaired) electrons. The maximum Gasteiger partial charge on any atom is 0.472 e. The fourth-order valence-electron chi connectivity index (χ4n) is 5.90. The van der Waals surface area contributed by atoms with E-state index in [0.29, 0.717) is 19.3 Å². The third kappa shape index (κ3) is 45.8. The maximum absolute atomic E-state index is 12.7. The number of aliphatic hydroxyl groups is 2. The number of ether oxygens (including phenoxy) is 2. The average molecular weight is 921 g/mol. The van der Waals surface area contributed by atoms with Crippen LogP contribution in [-0.2, 0) is 41.8 Å². The Balaban J connectivity index is 4.57. The van der Waals surface area contributed by atoms with Crippen LogP contribution < -0.4 is 0 Å². The minimum Gasteiger partial charge on any atom is -0.462 e. The topological polar surface area (TPSA) is 216 Å². The third-order valence-electron chi connectivity index (χ3n) is 9.42. The van der Waals surface area contributed by atoms with Crippen LogP contribution in [0.4, 0.5) is 0 Å². The number of phosphoric acid groups is 2. The van der Waals surface area contributed by atoms with Gasteiger partial charge in [-0.3, -0.25) is 23.2 Å². The van der Waals surface area contributed by atoms with Crippen LogP contribution in [0, 0.1) is 0 Å². The zero-order valence-corrected chi connectivity index (χ0v) is 39.4. The van der Waals surface area contributed by atoms with Crippen LogP contribution in [0.25, 0.3) is 0 Å². The van der Waals surface area contributed by atoms with Crippen LogP contribution in [0.2, 0.25) is 0 Å². The number of allylic oxidation sites excluding steroid dienone is 10. The van der Waals surface area contributed by atoms with Crippen molar-refractivity contribution >= 4 is 27.6 Å². The fraction of sp³-hybridized carbons (Fsp3) is 0.739. The SMILES string of the molecule is CCCCCCCC/C=C\CCCCCCCCCC(=O)O[C@H](COC(=O)CCC/C=C\C/C=C\C/C=C\C/C=C\CCCCCO)COP(=O)(O)OC[C@@H](O)COP(=O)(O)O. The van der Waals surface area contributed by atoms with E-state index in [1.807, 2.05) is 12.2 Å². The van der Waals surface area contributed by atoms with Gasteiger partial charge in [-0.1, -0.05) is 138 Å². The van der Waals surface area contributed by atoms with Gasteiger partial charge in [0, 0.05) is 19.4 Å². The van der Waals surface area contributed by atoms with Crippen molar-refractivity contribution in [3.05, 3.63) is 60.8 Å². The number of carbonyl (C=O) groups is 2. The lowest BCUT2D eigenvalue weighted by atomic mass is 10.1. The standard InChI is InChI=1S/C46H82O14P2/c1-2-3-4-5-6-7-8-9-10-12-16-19-22-25-28-31-34-37-46(50)60-44(42-59-62(54,55)58-40-43(48)39-57-61(51,52)53)41-56-45(49)36-33-30-27-24-21-18-15-13-11-14-17-20-23-26-29-32-35-38-47/h9-11,14-15,18,20,23-24,27,43-44,47-48H,2-8,12-13,16-17,19,21-22,25-26,28-42H2,1H3,(H,54,55)(H2,51,52,53)/b10-9-,14-11-,18-15-,23-20-,27-24-/t43-,44+/m0/s1. The highest BCUT2D eigenvalue weighted by atomic mass is 31.2. The second-order valence-electron chi connectivity index (χ2n) is 15.4. The van der Waals surface area contributed by atoms with E-state index in [9.17, 15) is 28.7 Å². The summed E-state index contributed by atoms with van der Waals surface area (Å²) in [6, 6.07) is 0. The molecular formula is C46H82O14P2. The monoisotopic (exact) mass is 921 g/mol. The van der Waals surface area contributed by atoms with Gasteiger partial charge in [0.15, 0.2) is 6.10 Å². The molecule has 1 unspecified atom stereocenters. The Morgan fingerprint density at radius 2 is 0.919 bits per heavy atom. The molecule has 0 bridgehead atoms. The summed E-state index contributed by atoms with van der Waals surface area (Å²) in [7, 11) is -9.70. The first kappa shape index (κ1) is 59.8. The molecule has 0 aromatic heterocycles. The predicted octanol–water partition coefficient (Wildman–Crippen LogP) is 11.0. The zero-order chi connectivity index (χ0) is 45.8. The van der Waals surface area contributed by atoms with Gasteiger partial charge in [-0.15, -0.1) is 0 Å². The number of aliphatic hydroxyl groups excluding tert-OH is 2. The van der Waals surface area contributed by atoms with Crippen LogP contribution in [0.3, 0.4) is 0 Å². The number of unbranched alkanes of at least 4 members (excludes halogenated alkanes) is 17. The number of phosphoric ester groups is 2. The smallest absolute Gasteiger partial charge is 0.462 e. The molecule has 3 atom stereocenters. The van der Waals surface area contributed by atoms with Gasteiger partial charge >= 0.3 is 27.6 Å². The van der Waals surface area contributed by atoms with E-state index < -0.39 is 66.2 Å². The molecule has 0 aliphatic heterocycles. The Morgan fingerprint density at radius 1 is 0.500 bits per heavy atom. The van der Waals surface area contributed by atoms with Crippen molar-refractivity contribution in [2.24, 2.45) is 0 Å². The molecule has 16 heteroatoms. The molecule has 360 valence electrons. The lowest BCUT2D eigenvalue weighted by molar-refractivity contribution is -0.161. The maximum atomic E-state index is 12.7. The van der Waals surface area contributed by atoms with Gasteiger partial charge in [0.2, 0.25) is 0 Å². The molecule has 0 amide bonds. The first-order chi connectivity index (χ1) is 29.9. The van der Waals surface area contributed by atoms with Crippen molar-refractivity contribution < 1.29 is 66.7 Å². The molecule has 0 fully saturated rings. The summed E-state index contributed by atoms with van der Waals surface area (Å²) in [6.07, 6.45) is 43.7. The first-order valence-electron chi connectivity index (χ1n) is 23.1. The van der Waals surface area contributed by atoms with Crippen molar-refractivity contribution in [1.82, 2.24) is 0 Å². The first-order valence-corrected chi connectivity index (χ1v) is 26.1. The molecule has 0 rings (SSSR count). The van der Waals surface area contributed by atoms with Crippen molar-refractivity contribution in [2.45, 2.75) is 186 Å². The van der Waals surface area contributed by atoms with Crippen molar-refractivity contribution in [3.8, 4) is 0 Å². The Labute approximate surface area is 373 Å². The largest absolute Gasteiger partial charge is 0.472 e. The third-order valence-corrected chi connectivity index (χ3v) is 10.9. The lowest BCUT2D eigenvalue weighted by Crippen LogP contribution is -2.30. The summed E-state index contributed by atoms with van der Waals surface area (Å²) in [4.78, 5) is 52.7. The highest BCUT2D eigenvalue weighted by Crippen LogP contribution is 2.43. The van der Waals surface area contributed by atoms with Gasteiger partial charge in [-0.25, -0.2) is 9.13 Å². The van der Waals surface area contributed by atoms with E-state index in [1.54, 1.807) is 0 Å². The Hall–Kier alpha value is -2.22. The van der Waals surface area contributed by atoms with E-state index in [0.717, 1.165) is 77.0 Å². The summed E-state index contributed by atoms with van der Waals surface area (Å²) in [5.41, 5.74) is 0. The van der Waals surface area contributed by atoms with Gasteiger partial charge in [-0.05, 0) is 83.5 Å².